The molecule has 1 unspecified atom stereocenters. The van der Waals surface area contributed by atoms with Gasteiger partial charge in [-0.05, 0) is 34.0 Å². The van der Waals surface area contributed by atoms with Crippen LogP contribution in [0.4, 0.5) is 8.78 Å². The van der Waals surface area contributed by atoms with Crippen molar-refractivity contribution >= 4 is 27.7 Å². The topological polar surface area (TPSA) is 54.4 Å². The molecule has 1 aromatic rings. The number of carboxylic acids is 1. The molecular weight excluding hydrogens is 310 g/mol. The quantitative estimate of drug-likeness (QED) is 0.668. The molecule has 6 heteroatoms. The monoisotopic (exact) mass is 320 g/mol. The van der Waals surface area contributed by atoms with Gasteiger partial charge in [0.15, 0.2) is 5.78 Å². The number of rotatable bonds is 5. The Morgan fingerprint density at radius 2 is 1.89 bits per heavy atom. The first-order chi connectivity index (χ1) is 8.31. The molecule has 3 nitrogen and oxygen atoms in total. The van der Waals surface area contributed by atoms with Crippen LogP contribution < -0.4 is 0 Å². The molecule has 0 amide bonds. The Hall–Kier alpha value is -1.30. The summed E-state index contributed by atoms with van der Waals surface area (Å²) in [7, 11) is 0. The van der Waals surface area contributed by atoms with Gasteiger partial charge in [0.25, 0.3) is 0 Å². The first-order valence-corrected chi connectivity index (χ1v) is 6.00. The summed E-state index contributed by atoms with van der Waals surface area (Å²) in [6.45, 7) is 1.57. The smallest absolute Gasteiger partial charge is 0.303 e. The number of ketones is 1. The molecule has 0 heterocycles. The van der Waals surface area contributed by atoms with Gasteiger partial charge in [-0.25, -0.2) is 8.78 Å². The standard InChI is InChI=1S/C12H11BrF2O3/c1-6(3-12(17)18)2-11(16)7-4-10(15)8(13)5-9(7)14/h4-6H,2-3H2,1H3,(H,17,18). The second-order valence-electron chi connectivity index (χ2n) is 4.08. The maximum absolute atomic E-state index is 13.5. The first-order valence-electron chi connectivity index (χ1n) is 5.20. The zero-order chi connectivity index (χ0) is 13.9. The summed E-state index contributed by atoms with van der Waals surface area (Å²) in [5.41, 5.74) is -0.354. The number of carboxylic acid groups (broad SMARTS) is 1. The van der Waals surface area contributed by atoms with E-state index in [0.717, 1.165) is 12.1 Å². The Labute approximate surface area is 111 Å². The van der Waals surface area contributed by atoms with Crippen LogP contribution in [-0.2, 0) is 4.79 Å². The van der Waals surface area contributed by atoms with E-state index in [-0.39, 0.29) is 22.9 Å². The van der Waals surface area contributed by atoms with Crippen molar-refractivity contribution in [3.05, 3.63) is 33.8 Å². The lowest BCUT2D eigenvalue weighted by Crippen LogP contribution is -2.12. The summed E-state index contributed by atoms with van der Waals surface area (Å²) in [4.78, 5) is 22.1. The lowest BCUT2D eigenvalue weighted by molar-refractivity contribution is -0.137. The number of Topliss-reactive ketones (excluding diaryl/α,β-unsaturated/α-hetero) is 1. The van der Waals surface area contributed by atoms with Gasteiger partial charge in [-0.3, -0.25) is 9.59 Å². The van der Waals surface area contributed by atoms with Crippen molar-refractivity contribution in [1.29, 1.82) is 0 Å². The van der Waals surface area contributed by atoms with Crippen LogP contribution in [0.15, 0.2) is 16.6 Å². The van der Waals surface area contributed by atoms with Crippen molar-refractivity contribution in [2.45, 2.75) is 19.8 Å². The minimum atomic E-state index is -1.03. The third-order valence-electron chi connectivity index (χ3n) is 2.37. The van der Waals surface area contributed by atoms with Gasteiger partial charge in [-0.2, -0.15) is 0 Å². The van der Waals surface area contributed by atoms with Gasteiger partial charge in [0.05, 0.1) is 10.0 Å². The minimum absolute atomic E-state index is 0.0601. The highest BCUT2D eigenvalue weighted by Crippen LogP contribution is 2.22. The van der Waals surface area contributed by atoms with Crippen molar-refractivity contribution < 1.29 is 23.5 Å². The summed E-state index contributed by atoms with van der Waals surface area (Å²) in [6, 6.07) is 1.69. The molecule has 0 aromatic heterocycles. The molecule has 0 aliphatic rings. The van der Waals surface area contributed by atoms with E-state index in [2.05, 4.69) is 15.9 Å². The Balaban J connectivity index is 2.85. The summed E-state index contributed by atoms with van der Waals surface area (Å²) in [5, 5.41) is 8.55. The van der Waals surface area contributed by atoms with E-state index in [1.807, 2.05) is 0 Å². The van der Waals surface area contributed by atoms with Gasteiger partial charge >= 0.3 is 5.97 Å². The molecule has 1 atom stereocenters. The molecule has 0 radical (unpaired) electrons. The SMILES string of the molecule is CC(CC(=O)O)CC(=O)c1cc(F)c(Br)cc1F. The molecule has 0 fully saturated rings. The third kappa shape index (κ3) is 3.87. The van der Waals surface area contributed by atoms with Crippen molar-refractivity contribution in [2.75, 3.05) is 0 Å². The van der Waals surface area contributed by atoms with Crippen LogP contribution in [0, 0.1) is 17.6 Å². The van der Waals surface area contributed by atoms with Crippen molar-refractivity contribution in [3.63, 3.8) is 0 Å². The summed E-state index contributed by atoms with van der Waals surface area (Å²) in [6.07, 6.45) is -0.323. The van der Waals surface area contributed by atoms with E-state index in [1.54, 1.807) is 6.92 Å². The zero-order valence-electron chi connectivity index (χ0n) is 9.54. The predicted molar refractivity (Wildman–Crippen MR) is 64.4 cm³/mol. The van der Waals surface area contributed by atoms with E-state index >= 15 is 0 Å². The highest BCUT2D eigenvalue weighted by molar-refractivity contribution is 9.10. The van der Waals surface area contributed by atoms with Gasteiger partial charge in [0, 0.05) is 12.8 Å². The lowest BCUT2D eigenvalue weighted by Gasteiger charge is -2.08. The fraction of sp³-hybridized carbons (Fsp3) is 0.333. The van der Waals surface area contributed by atoms with Gasteiger partial charge in [0.2, 0.25) is 0 Å². The molecule has 0 aliphatic carbocycles. The molecular formula is C12H11BrF2O3. The number of carbonyl (C=O) groups excluding carboxylic acids is 1. The van der Waals surface area contributed by atoms with E-state index in [9.17, 15) is 18.4 Å². The first kappa shape index (κ1) is 14.8. The fourth-order valence-electron chi connectivity index (χ4n) is 1.53. The predicted octanol–water partition coefficient (Wildman–Crippen LogP) is 3.41. The molecule has 98 valence electrons. The number of halogens is 3. The molecule has 18 heavy (non-hydrogen) atoms. The van der Waals surface area contributed by atoms with Crippen LogP contribution >= 0.6 is 15.9 Å². The van der Waals surface area contributed by atoms with Crippen molar-refractivity contribution in [1.82, 2.24) is 0 Å². The maximum Gasteiger partial charge on any atom is 0.303 e. The maximum atomic E-state index is 13.5. The number of benzene rings is 1. The number of aliphatic carboxylic acids is 1. The molecule has 1 N–H and O–H groups in total. The molecule has 1 aromatic carbocycles. The molecule has 0 aliphatic heterocycles. The van der Waals surface area contributed by atoms with Gasteiger partial charge in [-0.1, -0.05) is 6.92 Å². The number of hydrogen-bond donors (Lipinski definition) is 1. The second-order valence-corrected chi connectivity index (χ2v) is 4.93. The molecule has 0 bridgehead atoms. The van der Waals surface area contributed by atoms with Crippen LogP contribution in [0.2, 0.25) is 0 Å². The van der Waals surface area contributed by atoms with Crippen LogP contribution in [0.1, 0.15) is 30.1 Å². The Bertz CT molecular complexity index is 488. The Kier molecular flexibility index (Phi) is 4.95. The van der Waals surface area contributed by atoms with E-state index in [0.29, 0.717) is 0 Å². The average Bonchev–Trinajstić information content (AvgIpc) is 2.21. The lowest BCUT2D eigenvalue weighted by atomic mass is 9.97. The highest BCUT2D eigenvalue weighted by Gasteiger charge is 2.18. The van der Waals surface area contributed by atoms with Crippen LogP contribution in [-0.4, -0.2) is 16.9 Å². The van der Waals surface area contributed by atoms with Crippen molar-refractivity contribution in [3.8, 4) is 0 Å². The highest BCUT2D eigenvalue weighted by atomic mass is 79.9. The Morgan fingerprint density at radius 1 is 1.28 bits per heavy atom. The molecule has 1 rings (SSSR count). The van der Waals surface area contributed by atoms with Crippen LogP contribution in [0.3, 0.4) is 0 Å². The number of carbonyl (C=O) groups is 2. The summed E-state index contributed by atoms with van der Waals surface area (Å²) < 4.78 is 26.6. The van der Waals surface area contributed by atoms with Crippen LogP contribution in [0.5, 0.6) is 0 Å². The van der Waals surface area contributed by atoms with E-state index < -0.39 is 29.3 Å². The van der Waals surface area contributed by atoms with Gasteiger partial charge < -0.3 is 5.11 Å². The largest absolute Gasteiger partial charge is 0.481 e. The third-order valence-corrected chi connectivity index (χ3v) is 2.98. The van der Waals surface area contributed by atoms with E-state index in [1.165, 1.54) is 0 Å². The summed E-state index contributed by atoms with van der Waals surface area (Å²) >= 11 is 2.81. The average molecular weight is 321 g/mol. The van der Waals surface area contributed by atoms with Crippen molar-refractivity contribution in [2.24, 2.45) is 5.92 Å². The number of hydrogen-bond acceptors (Lipinski definition) is 2. The van der Waals surface area contributed by atoms with Gasteiger partial charge in [0.1, 0.15) is 11.6 Å². The molecule has 0 saturated heterocycles. The zero-order valence-corrected chi connectivity index (χ0v) is 11.1. The molecule has 0 saturated carbocycles. The van der Waals surface area contributed by atoms with Gasteiger partial charge in [-0.15, -0.1) is 0 Å². The fourth-order valence-corrected chi connectivity index (χ4v) is 1.85. The van der Waals surface area contributed by atoms with E-state index in [4.69, 9.17) is 5.11 Å². The second kappa shape index (κ2) is 6.04. The normalized spacial score (nSPS) is 12.2. The summed E-state index contributed by atoms with van der Waals surface area (Å²) in [5.74, 6) is -3.62. The Morgan fingerprint density at radius 3 is 2.44 bits per heavy atom. The van der Waals surface area contributed by atoms with Crippen LogP contribution in [0.25, 0.3) is 0 Å². The minimum Gasteiger partial charge on any atom is -0.481 e. The molecule has 0 spiro atoms.